The lowest BCUT2D eigenvalue weighted by atomic mass is 10.1. The molecule has 0 heterocycles. The summed E-state index contributed by atoms with van der Waals surface area (Å²) in [6.07, 6.45) is 1.63. The van der Waals surface area contributed by atoms with Gasteiger partial charge in [0.05, 0.1) is 11.9 Å². The molecule has 2 aromatic carbocycles. The Morgan fingerprint density at radius 1 is 0.971 bits per heavy atom. The van der Waals surface area contributed by atoms with Gasteiger partial charge < -0.3 is 10.2 Å². The minimum absolute atomic E-state index is 0.0387. The second kappa shape index (κ2) is 12.0. The average molecular weight is 488 g/mol. The molecule has 1 unspecified atom stereocenters. The number of carbonyl (C=O) groups is 2. The molecular formula is C26H37N3O4S. The standard InChI is InChI=1S/C26H37N3O4S/c1-19(2)27-26(31)22(5)28(18-23-11-8-7-10-21(23)4)25(30)12-9-17-29(34(6,32)33)24-15-13-20(3)14-16-24/h7-8,10-11,13-16,19,22H,9,12,17-18H2,1-6H3,(H,27,31). The van der Waals surface area contributed by atoms with Gasteiger partial charge in [-0.1, -0.05) is 42.0 Å². The van der Waals surface area contributed by atoms with Gasteiger partial charge in [0.2, 0.25) is 21.8 Å². The molecule has 1 atom stereocenters. The van der Waals surface area contributed by atoms with E-state index in [0.29, 0.717) is 18.7 Å². The number of rotatable bonds is 11. The van der Waals surface area contributed by atoms with Gasteiger partial charge in [-0.05, 0) is 64.3 Å². The molecule has 0 aliphatic carbocycles. The number of hydrogen-bond donors (Lipinski definition) is 1. The predicted octanol–water partition coefficient (Wildman–Crippen LogP) is 3.79. The highest BCUT2D eigenvalue weighted by atomic mass is 32.2. The van der Waals surface area contributed by atoms with E-state index >= 15 is 0 Å². The maximum atomic E-state index is 13.3. The topological polar surface area (TPSA) is 86.8 Å². The number of nitrogens with zero attached hydrogens (tertiary/aromatic N) is 2. The number of amides is 2. The molecule has 2 aromatic rings. The van der Waals surface area contributed by atoms with Crippen molar-refractivity contribution in [1.29, 1.82) is 0 Å². The van der Waals surface area contributed by atoms with E-state index in [0.717, 1.165) is 22.9 Å². The fourth-order valence-electron chi connectivity index (χ4n) is 3.67. The highest BCUT2D eigenvalue weighted by molar-refractivity contribution is 7.92. The molecule has 0 saturated heterocycles. The van der Waals surface area contributed by atoms with Crippen molar-refractivity contribution >= 4 is 27.5 Å². The molecule has 0 saturated carbocycles. The molecule has 186 valence electrons. The lowest BCUT2D eigenvalue weighted by Gasteiger charge is -2.30. The summed E-state index contributed by atoms with van der Waals surface area (Å²) in [5, 5.41) is 2.88. The lowest BCUT2D eigenvalue weighted by Crippen LogP contribution is -2.49. The Morgan fingerprint density at radius 3 is 2.15 bits per heavy atom. The van der Waals surface area contributed by atoms with Crippen LogP contribution in [-0.4, -0.2) is 50.0 Å². The van der Waals surface area contributed by atoms with Crippen molar-refractivity contribution in [2.75, 3.05) is 17.1 Å². The molecule has 0 fully saturated rings. The molecular weight excluding hydrogens is 450 g/mol. The first-order valence-corrected chi connectivity index (χ1v) is 13.4. The minimum atomic E-state index is -3.50. The molecule has 0 aliphatic heterocycles. The van der Waals surface area contributed by atoms with Gasteiger partial charge in [-0.2, -0.15) is 0 Å². The highest BCUT2D eigenvalue weighted by Crippen LogP contribution is 2.20. The van der Waals surface area contributed by atoms with E-state index in [1.54, 1.807) is 24.0 Å². The monoisotopic (exact) mass is 487 g/mol. The first kappa shape index (κ1) is 27.4. The van der Waals surface area contributed by atoms with E-state index in [1.165, 1.54) is 4.31 Å². The maximum absolute atomic E-state index is 13.3. The van der Waals surface area contributed by atoms with Crippen molar-refractivity contribution in [2.45, 2.75) is 66.1 Å². The largest absolute Gasteiger partial charge is 0.352 e. The molecule has 0 aromatic heterocycles. The smallest absolute Gasteiger partial charge is 0.242 e. The number of sulfonamides is 1. The Bertz CT molecular complexity index is 1080. The molecule has 2 amide bonds. The third kappa shape index (κ3) is 7.87. The summed E-state index contributed by atoms with van der Waals surface area (Å²) < 4.78 is 26.1. The summed E-state index contributed by atoms with van der Waals surface area (Å²) in [6.45, 7) is 9.88. The van der Waals surface area contributed by atoms with Gasteiger partial charge in [-0.25, -0.2) is 8.42 Å². The normalized spacial score (nSPS) is 12.3. The number of benzene rings is 2. The van der Waals surface area contributed by atoms with Gasteiger partial charge in [0.25, 0.3) is 0 Å². The Labute approximate surface area is 204 Å². The van der Waals surface area contributed by atoms with Crippen LogP contribution in [0.5, 0.6) is 0 Å². The van der Waals surface area contributed by atoms with E-state index in [-0.39, 0.29) is 30.8 Å². The molecule has 0 radical (unpaired) electrons. The van der Waals surface area contributed by atoms with Crippen molar-refractivity contribution in [3.63, 3.8) is 0 Å². The van der Waals surface area contributed by atoms with E-state index in [1.807, 2.05) is 64.1 Å². The van der Waals surface area contributed by atoms with Gasteiger partial charge in [0, 0.05) is 25.6 Å². The van der Waals surface area contributed by atoms with E-state index in [2.05, 4.69) is 5.32 Å². The van der Waals surface area contributed by atoms with Gasteiger partial charge in [0.15, 0.2) is 0 Å². The number of carbonyl (C=O) groups excluding carboxylic acids is 2. The third-order valence-corrected chi connectivity index (χ3v) is 6.87. The lowest BCUT2D eigenvalue weighted by molar-refractivity contribution is -0.140. The second-order valence-corrected chi connectivity index (χ2v) is 11.0. The maximum Gasteiger partial charge on any atom is 0.242 e. The highest BCUT2D eigenvalue weighted by Gasteiger charge is 2.27. The zero-order chi connectivity index (χ0) is 25.5. The van der Waals surface area contributed by atoms with Crippen LogP contribution in [0.1, 0.15) is 50.3 Å². The first-order valence-electron chi connectivity index (χ1n) is 11.6. The van der Waals surface area contributed by atoms with Crippen molar-refractivity contribution in [1.82, 2.24) is 10.2 Å². The molecule has 0 spiro atoms. The summed E-state index contributed by atoms with van der Waals surface area (Å²) in [4.78, 5) is 27.6. The van der Waals surface area contributed by atoms with Crippen LogP contribution in [0.4, 0.5) is 5.69 Å². The summed E-state index contributed by atoms with van der Waals surface area (Å²) in [5.41, 5.74) is 3.62. The van der Waals surface area contributed by atoms with E-state index in [9.17, 15) is 18.0 Å². The zero-order valence-electron chi connectivity index (χ0n) is 21.0. The zero-order valence-corrected chi connectivity index (χ0v) is 21.9. The van der Waals surface area contributed by atoms with Crippen LogP contribution in [0.25, 0.3) is 0 Å². The first-order chi connectivity index (χ1) is 15.9. The number of aryl methyl sites for hydroxylation is 2. The number of anilines is 1. The number of nitrogens with one attached hydrogen (secondary N) is 1. The van der Waals surface area contributed by atoms with Crippen molar-refractivity contribution < 1.29 is 18.0 Å². The van der Waals surface area contributed by atoms with Crippen LogP contribution < -0.4 is 9.62 Å². The second-order valence-electron chi connectivity index (χ2n) is 9.06. The van der Waals surface area contributed by atoms with Crippen LogP contribution in [-0.2, 0) is 26.2 Å². The fraction of sp³-hybridized carbons (Fsp3) is 0.462. The molecule has 1 N–H and O–H groups in total. The Hall–Kier alpha value is -2.87. The van der Waals surface area contributed by atoms with Crippen molar-refractivity contribution in [3.8, 4) is 0 Å². The van der Waals surface area contributed by atoms with Crippen LogP contribution in [0.3, 0.4) is 0 Å². The predicted molar refractivity (Wildman–Crippen MR) is 137 cm³/mol. The van der Waals surface area contributed by atoms with Gasteiger partial charge in [-0.3, -0.25) is 13.9 Å². The summed E-state index contributed by atoms with van der Waals surface area (Å²) >= 11 is 0. The van der Waals surface area contributed by atoms with E-state index in [4.69, 9.17) is 0 Å². The Kier molecular flexibility index (Phi) is 9.67. The molecule has 2 rings (SSSR count). The van der Waals surface area contributed by atoms with Crippen molar-refractivity contribution in [2.24, 2.45) is 0 Å². The third-order valence-electron chi connectivity index (χ3n) is 5.67. The van der Waals surface area contributed by atoms with Gasteiger partial charge >= 0.3 is 0 Å². The Morgan fingerprint density at radius 2 is 1.59 bits per heavy atom. The van der Waals surface area contributed by atoms with Crippen LogP contribution in [0, 0.1) is 13.8 Å². The number of hydrogen-bond acceptors (Lipinski definition) is 4. The SMILES string of the molecule is Cc1ccc(N(CCCC(=O)N(Cc2ccccc2C)C(C)C(=O)NC(C)C)S(C)(=O)=O)cc1. The van der Waals surface area contributed by atoms with Gasteiger partial charge in [-0.15, -0.1) is 0 Å². The van der Waals surface area contributed by atoms with Crippen LogP contribution in [0.15, 0.2) is 48.5 Å². The fourth-order valence-corrected chi connectivity index (χ4v) is 4.64. The molecule has 7 nitrogen and oxygen atoms in total. The van der Waals surface area contributed by atoms with E-state index < -0.39 is 16.1 Å². The van der Waals surface area contributed by atoms with Gasteiger partial charge in [0.1, 0.15) is 6.04 Å². The summed E-state index contributed by atoms with van der Waals surface area (Å²) in [7, 11) is -3.50. The summed E-state index contributed by atoms with van der Waals surface area (Å²) in [6, 6.07) is 14.3. The minimum Gasteiger partial charge on any atom is -0.352 e. The average Bonchev–Trinajstić information content (AvgIpc) is 2.75. The van der Waals surface area contributed by atoms with Crippen LogP contribution in [0.2, 0.25) is 0 Å². The molecule has 34 heavy (non-hydrogen) atoms. The molecule has 0 aliphatic rings. The van der Waals surface area contributed by atoms with Crippen LogP contribution >= 0.6 is 0 Å². The molecule has 8 heteroatoms. The molecule has 0 bridgehead atoms. The quantitative estimate of drug-likeness (QED) is 0.522. The Balaban J connectivity index is 2.17. The van der Waals surface area contributed by atoms with Crippen molar-refractivity contribution in [3.05, 3.63) is 65.2 Å². The summed E-state index contributed by atoms with van der Waals surface area (Å²) in [5.74, 6) is -0.402.